The Kier molecular flexibility index (Phi) is 3.07. The van der Waals surface area contributed by atoms with Crippen LogP contribution in [0, 0.1) is 11.6 Å². The zero-order chi connectivity index (χ0) is 13.4. The highest BCUT2D eigenvalue weighted by molar-refractivity contribution is 5.40. The topological polar surface area (TPSA) is 26.0 Å². The summed E-state index contributed by atoms with van der Waals surface area (Å²) in [4.78, 5) is 0. The molecule has 1 atom stereocenters. The third kappa shape index (κ3) is 2.38. The van der Waals surface area contributed by atoms with E-state index in [1.807, 2.05) is 6.07 Å². The van der Waals surface area contributed by atoms with Crippen molar-refractivity contribution in [1.82, 2.24) is 0 Å². The minimum Gasteiger partial charge on any atom is -0.320 e. The van der Waals surface area contributed by atoms with Gasteiger partial charge in [0.05, 0.1) is 6.04 Å². The van der Waals surface area contributed by atoms with Crippen LogP contribution in [0.25, 0.3) is 0 Å². The molecule has 2 aromatic carbocycles. The largest absolute Gasteiger partial charge is 0.320 e. The average molecular weight is 259 g/mol. The summed E-state index contributed by atoms with van der Waals surface area (Å²) in [6.07, 6.45) is 3.34. The lowest BCUT2D eigenvalue weighted by Crippen LogP contribution is -2.13. The number of hydrogen-bond acceptors (Lipinski definition) is 1. The molecular weight excluding hydrogens is 244 g/mol. The Morgan fingerprint density at radius 3 is 2.26 bits per heavy atom. The van der Waals surface area contributed by atoms with Crippen LogP contribution in [0.4, 0.5) is 8.78 Å². The minimum absolute atomic E-state index is 0.468. The molecule has 0 spiro atoms. The van der Waals surface area contributed by atoms with Gasteiger partial charge < -0.3 is 5.73 Å². The van der Waals surface area contributed by atoms with Gasteiger partial charge in [-0.1, -0.05) is 18.2 Å². The molecule has 0 saturated heterocycles. The van der Waals surface area contributed by atoms with Crippen LogP contribution < -0.4 is 5.73 Å². The maximum atomic E-state index is 13.2. The summed E-state index contributed by atoms with van der Waals surface area (Å²) in [5.41, 5.74) is 10.2. The maximum absolute atomic E-state index is 13.2. The fourth-order valence-corrected chi connectivity index (χ4v) is 2.73. The van der Waals surface area contributed by atoms with Crippen molar-refractivity contribution in [1.29, 1.82) is 0 Å². The Hall–Kier alpha value is -1.74. The van der Waals surface area contributed by atoms with E-state index >= 15 is 0 Å². The highest BCUT2D eigenvalue weighted by atomic mass is 19.1. The predicted molar refractivity (Wildman–Crippen MR) is 70.9 cm³/mol. The van der Waals surface area contributed by atoms with Crippen molar-refractivity contribution in [3.8, 4) is 0 Å². The Bertz CT molecular complexity index is 602. The lowest BCUT2D eigenvalue weighted by atomic mass is 9.96. The van der Waals surface area contributed by atoms with E-state index in [1.165, 1.54) is 29.7 Å². The van der Waals surface area contributed by atoms with Crippen molar-refractivity contribution in [3.63, 3.8) is 0 Å². The Morgan fingerprint density at radius 2 is 1.53 bits per heavy atom. The number of aryl methyl sites for hydroxylation is 2. The van der Waals surface area contributed by atoms with Crippen molar-refractivity contribution < 1.29 is 8.78 Å². The lowest BCUT2D eigenvalue weighted by Gasteiger charge is -2.14. The molecule has 2 N–H and O–H groups in total. The van der Waals surface area contributed by atoms with Crippen LogP contribution in [0.2, 0.25) is 0 Å². The fourth-order valence-electron chi connectivity index (χ4n) is 2.73. The second-order valence-electron chi connectivity index (χ2n) is 5.06. The van der Waals surface area contributed by atoms with E-state index in [4.69, 9.17) is 5.73 Å². The van der Waals surface area contributed by atoms with Gasteiger partial charge in [-0.3, -0.25) is 0 Å². The summed E-state index contributed by atoms with van der Waals surface area (Å²) < 4.78 is 26.5. The van der Waals surface area contributed by atoms with E-state index in [0.717, 1.165) is 24.5 Å². The number of halogens is 2. The van der Waals surface area contributed by atoms with Gasteiger partial charge in [0, 0.05) is 6.07 Å². The van der Waals surface area contributed by atoms with Crippen LogP contribution in [0.5, 0.6) is 0 Å². The van der Waals surface area contributed by atoms with Gasteiger partial charge in [0.25, 0.3) is 0 Å². The Morgan fingerprint density at radius 1 is 0.842 bits per heavy atom. The van der Waals surface area contributed by atoms with Crippen LogP contribution in [0.3, 0.4) is 0 Å². The maximum Gasteiger partial charge on any atom is 0.126 e. The predicted octanol–water partition coefficient (Wildman–Crippen LogP) is 3.50. The summed E-state index contributed by atoms with van der Waals surface area (Å²) >= 11 is 0. The first-order chi connectivity index (χ1) is 9.13. The highest BCUT2D eigenvalue weighted by Crippen LogP contribution is 2.27. The summed E-state index contributed by atoms with van der Waals surface area (Å²) in [6, 6.07) is 9.05. The van der Waals surface area contributed by atoms with Gasteiger partial charge in [0.15, 0.2) is 0 Å². The van der Waals surface area contributed by atoms with Gasteiger partial charge in [-0.05, 0) is 53.6 Å². The average Bonchev–Trinajstić information content (AvgIpc) is 2.83. The molecule has 0 bridgehead atoms. The van der Waals surface area contributed by atoms with Gasteiger partial charge in [-0.2, -0.15) is 0 Å². The highest BCUT2D eigenvalue weighted by Gasteiger charge is 2.16. The first kappa shape index (κ1) is 12.3. The zero-order valence-electron chi connectivity index (χ0n) is 10.5. The summed E-state index contributed by atoms with van der Waals surface area (Å²) in [6.45, 7) is 0. The Balaban J connectivity index is 1.97. The van der Waals surface area contributed by atoms with Crippen molar-refractivity contribution >= 4 is 0 Å². The molecule has 1 aliphatic rings. The molecule has 0 aromatic heterocycles. The Labute approximate surface area is 111 Å². The number of benzene rings is 2. The molecule has 2 aromatic rings. The smallest absolute Gasteiger partial charge is 0.126 e. The summed E-state index contributed by atoms with van der Waals surface area (Å²) in [5, 5.41) is 0. The van der Waals surface area contributed by atoms with Crippen LogP contribution in [-0.4, -0.2) is 0 Å². The first-order valence-electron chi connectivity index (χ1n) is 6.47. The summed E-state index contributed by atoms with van der Waals surface area (Å²) in [5.74, 6) is -1.18. The third-order valence-corrected chi connectivity index (χ3v) is 3.73. The number of rotatable bonds is 2. The molecule has 98 valence electrons. The molecule has 3 rings (SSSR count). The SMILES string of the molecule is NC(c1cc(F)cc(F)c1)c1ccc2c(c1)CCC2. The molecule has 1 nitrogen and oxygen atoms in total. The van der Waals surface area contributed by atoms with Crippen molar-refractivity contribution in [2.24, 2.45) is 5.73 Å². The van der Waals surface area contributed by atoms with Crippen LogP contribution in [0.15, 0.2) is 36.4 Å². The first-order valence-corrected chi connectivity index (χ1v) is 6.47. The molecule has 1 aliphatic carbocycles. The third-order valence-electron chi connectivity index (χ3n) is 3.73. The molecule has 19 heavy (non-hydrogen) atoms. The van der Waals surface area contributed by atoms with Crippen molar-refractivity contribution in [2.45, 2.75) is 25.3 Å². The molecule has 0 radical (unpaired) electrons. The van der Waals surface area contributed by atoms with Crippen LogP contribution in [0.1, 0.15) is 34.7 Å². The normalized spacial score (nSPS) is 15.3. The van der Waals surface area contributed by atoms with E-state index in [-0.39, 0.29) is 0 Å². The van der Waals surface area contributed by atoms with Crippen LogP contribution in [-0.2, 0) is 12.8 Å². The lowest BCUT2D eigenvalue weighted by molar-refractivity contribution is 0.577. The quantitative estimate of drug-likeness (QED) is 0.877. The molecule has 3 heteroatoms. The van der Waals surface area contributed by atoms with E-state index in [1.54, 1.807) is 0 Å². The molecule has 0 fully saturated rings. The van der Waals surface area contributed by atoms with Gasteiger partial charge >= 0.3 is 0 Å². The monoisotopic (exact) mass is 259 g/mol. The molecule has 0 aliphatic heterocycles. The van der Waals surface area contributed by atoms with E-state index < -0.39 is 17.7 Å². The van der Waals surface area contributed by atoms with Gasteiger partial charge in [0.2, 0.25) is 0 Å². The van der Waals surface area contributed by atoms with Gasteiger partial charge in [-0.25, -0.2) is 8.78 Å². The van der Waals surface area contributed by atoms with Crippen molar-refractivity contribution in [2.75, 3.05) is 0 Å². The van der Waals surface area contributed by atoms with E-state index in [0.29, 0.717) is 5.56 Å². The van der Waals surface area contributed by atoms with Gasteiger partial charge in [-0.15, -0.1) is 0 Å². The molecule has 0 saturated carbocycles. The number of fused-ring (bicyclic) bond motifs is 1. The van der Waals surface area contributed by atoms with E-state index in [2.05, 4.69) is 12.1 Å². The number of hydrogen-bond donors (Lipinski definition) is 1. The standard InChI is InChI=1S/C16H15F2N/c17-14-7-13(8-15(18)9-14)16(19)12-5-4-10-2-1-3-11(10)6-12/h4-9,16H,1-3,19H2. The second kappa shape index (κ2) is 4.74. The molecule has 0 amide bonds. The summed E-state index contributed by atoms with van der Waals surface area (Å²) in [7, 11) is 0. The van der Waals surface area contributed by atoms with Gasteiger partial charge in [0.1, 0.15) is 11.6 Å². The zero-order valence-corrected chi connectivity index (χ0v) is 10.5. The second-order valence-corrected chi connectivity index (χ2v) is 5.06. The number of nitrogens with two attached hydrogens (primary N) is 1. The minimum atomic E-state index is -0.591. The molecule has 1 unspecified atom stereocenters. The van der Waals surface area contributed by atoms with Crippen molar-refractivity contribution in [3.05, 3.63) is 70.3 Å². The molecule has 0 heterocycles. The fraction of sp³-hybridized carbons (Fsp3) is 0.250. The van der Waals surface area contributed by atoms with E-state index in [9.17, 15) is 8.78 Å². The molecular formula is C16H15F2N. The van der Waals surface area contributed by atoms with Crippen LogP contribution >= 0.6 is 0 Å².